The van der Waals surface area contributed by atoms with Crippen molar-refractivity contribution < 1.29 is 4.74 Å². The summed E-state index contributed by atoms with van der Waals surface area (Å²) in [5, 5.41) is 1.06. The third-order valence-corrected chi connectivity index (χ3v) is 5.80. The summed E-state index contributed by atoms with van der Waals surface area (Å²) in [6.45, 7) is 6.87. The molecule has 5 heteroatoms. The van der Waals surface area contributed by atoms with Crippen molar-refractivity contribution in [1.29, 1.82) is 0 Å². The highest BCUT2D eigenvalue weighted by molar-refractivity contribution is 5.92. The largest absolute Gasteiger partial charge is 0.399 e. The van der Waals surface area contributed by atoms with Crippen LogP contribution in [0.2, 0.25) is 0 Å². The van der Waals surface area contributed by atoms with Crippen LogP contribution in [0.1, 0.15) is 37.4 Å². The van der Waals surface area contributed by atoms with E-state index >= 15 is 0 Å². The third-order valence-electron chi connectivity index (χ3n) is 5.80. The van der Waals surface area contributed by atoms with Gasteiger partial charge in [-0.1, -0.05) is 36.5 Å². The summed E-state index contributed by atoms with van der Waals surface area (Å²) in [5.74, 6) is 3.09. The molecule has 2 aliphatic rings. The minimum atomic E-state index is 0.513. The first-order chi connectivity index (χ1) is 14.2. The van der Waals surface area contributed by atoms with Gasteiger partial charge in [-0.2, -0.15) is 0 Å². The Labute approximate surface area is 173 Å². The summed E-state index contributed by atoms with van der Waals surface area (Å²) >= 11 is 0. The van der Waals surface area contributed by atoms with E-state index in [9.17, 15) is 0 Å². The van der Waals surface area contributed by atoms with Crippen LogP contribution in [-0.2, 0) is 4.74 Å². The Morgan fingerprint density at radius 2 is 2.00 bits per heavy atom. The molecule has 2 heterocycles. The van der Waals surface area contributed by atoms with Crippen LogP contribution in [0.15, 0.2) is 54.7 Å². The fourth-order valence-corrected chi connectivity index (χ4v) is 3.92. The van der Waals surface area contributed by atoms with Crippen LogP contribution in [0.25, 0.3) is 10.9 Å². The van der Waals surface area contributed by atoms with Crippen LogP contribution in [0.3, 0.4) is 0 Å². The second kappa shape index (κ2) is 8.78. The summed E-state index contributed by atoms with van der Waals surface area (Å²) in [6.07, 6.45) is 12.8. The Morgan fingerprint density at radius 1 is 1.21 bits per heavy atom. The zero-order valence-corrected chi connectivity index (χ0v) is 17.2. The summed E-state index contributed by atoms with van der Waals surface area (Å²) < 4.78 is 5.02. The summed E-state index contributed by atoms with van der Waals surface area (Å²) in [4.78, 5) is 12.2. The topological polar surface area (TPSA) is 64.3 Å². The molecule has 1 saturated carbocycles. The molecule has 152 valence electrons. The molecule has 2 fully saturated rings. The molecule has 1 aliphatic carbocycles. The molecule has 5 nitrogen and oxygen atoms in total. The molecular weight excluding hydrogens is 360 g/mol. The highest BCUT2D eigenvalue weighted by Gasteiger charge is 2.29. The predicted molar refractivity (Wildman–Crippen MR) is 120 cm³/mol. The second-order valence-electron chi connectivity index (χ2n) is 8.04. The van der Waals surface area contributed by atoms with Gasteiger partial charge in [0.2, 0.25) is 0 Å². The number of nitrogen functional groups attached to an aromatic ring is 1. The zero-order chi connectivity index (χ0) is 20.2. The highest BCUT2D eigenvalue weighted by atomic mass is 16.5. The van der Waals surface area contributed by atoms with Gasteiger partial charge in [-0.3, -0.25) is 0 Å². The molecular formula is C24H30N4O. The van der Waals surface area contributed by atoms with Crippen molar-refractivity contribution in [2.45, 2.75) is 31.6 Å². The molecule has 1 aromatic heterocycles. The van der Waals surface area contributed by atoms with Crippen LogP contribution in [0.4, 0.5) is 11.5 Å². The first kappa shape index (κ1) is 19.6. The predicted octanol–water partition coefficient (Wildman–Crippen LogP) is 4.62. The van der Waals surface area contributed by atoms with Gasteiger partial charge in [0, 0.05) is 37.2 Å². The molecule has 0 spiro atoms. The van der Waals surface area contributed by atoms with Crippen molar-refractivity contribution in [2.75, 3.05) is 37.4 Å². The minimum absolute atomic E-state index is 0.513. The number of piperidine rings is 1. The molecule has 0 unspecified atom stereocenters. The lowest BCUT2D eigenvalue weighted by atomic mass is 9.89. The van der Waals surface area contributed by atoms with E-state index in [1.807, 2.05) is 30.4 Å². The van der Waals surface area contributed by atoms with Crippen molar-refractivity contribution in [2.24, 2.45) is 5.92 Å². The fourth-order valence-electron chi connectivity index (χ4n) is 3.92. The Balaban J connectivity index is 1.47. The van der Waals surface area contributed by atoms with E-state index in [2.05, 4.69) is 23.6 Å². The number of allylic oxidation sites excluding steroid dienone is 4. The monoisotopic (exact) mass is 390 g/mol. The average molecular weight is 391 g/mol. The van der Waals surface area contributed by atoms with E-state index in [1.165, 1.54) is 18.4 Å². The average Bonchev–Trinajstić information content (AvgIpc) is 3.58. The fraction of sp³-hybridized carbons (Fsp3) is 0.417. The Hall–Kier alpha value is -2.66. The summed E-state index contributed by atoms with van der Waals surface area (Å²) in [5.41, 5.74) is 9.02. The smallest absolute Gasteiger partial charge is 0.140 e. The molecule has 0 radical (unpaired) electrons. The van der Waals surface area contributed by atoms with E-state index in [0.29, 0.717) is 18.4 Å². The van der Waals surface area contributed by atoms with Crippen molar-refractivity contribution >= 4 is 22.4 Å². The lowest BCUT2D eigenvalue weighted by Crippen LogP contribution is -2.35. The number of methoxy groups -OCH3 is 1. The standard InChI is InChI=1S/C24H30N4O/c1-17(6-4-3-5-15-29-2)18-11-13-28(14-12-18)24-21-16-20(25)9-10-22(21)26-23(27-24)19-7-8-19/h3-6,9-10,16,18-19H,1,7-8,11-15,25H2,2H3/b5-3-,6-4-. The van der Waals surface area contributed by atoms with E-state index in [4.69, 9.17) is 20.4 Å². The normalized spacial score (nSPS) is 18.3. The van der Waals surface area contributed by atoms with Crippen LogP contribution < -0.4 is 10.6 Å². The van der Waals surface area contributed by atoms with Gasteiger partial charge in [0.15, 0.2) is 0 Å². The molecule has 1 aromatic carbocycles. The summed E-state index contributed by atoms with van der Waals surface area (Å²) in [6, 6.07) is 5.97. The molecule has 0 bridgehead atoms. The van der Waals surface area contributed by atoms with Crippen molar-refractivity contribution in [3.8, 4) is 0 Å². The lowest BCUT2D eigenvalue weighted by molar-refractivity contribution is 0.234. The van der Waals surface area contributed by atoms with E-state index in [-0.39, 0.29) is 0 Å². The third kappa shape index (κ3) is 4.67. The Kier molecular flexibility index (Phi) is 5.95. The maximum absolute atomic E-state index is 6.06. The number of aromatic nitrogens is 2. The minimum Gasteiger partial charge on any atom is -0.399 e. The van der Waals surface area contributed by atoms with Gasteiger partial charge >= 0.3 is 0 Å². The maximum Gasteiger partial charge on any atom is 0.140 e. The molecule has 0 atom stereocenters. The number of nitrogens with two attached hydrogens (primary N) is 1. The Bertz CT molecular complexity index is 937. The lowest BCUT2D eigenvalue weighted by Gasteiger charge is -2.34. The highest BCUT2D eigenvalue weighted by Crippen LogP contribution is 2.40. The maximum atomic E-state index is 6.06. The van der Waals surface area contributed by atoms with E-state index < -0.39 is 0 Å². The molecule has 1 saturated heterocycles. The molecule has 2 aromatic rings. The molecule has 1 aliphatic heterocycles. The number of benzene rings is 1. The molecule has 29 heavy (non-hydrogen) atoms. The van der Waals surface area contributed by atoms with Crippen molar-refractivity contribution in [1.82, 2.24) is 9.97 Å². The van der Waals surface area contributed by atoms with Gasteiger partial charge < -0.3 is 15.4 Å². The SMILES string of the molecule is C=C(/C=C\C=C/COC)C1CCN(c2nc(C3CC3)nc3ccc(N)cc23)CC1. The van der Waals surface area contributed by atoms with E-state index in [1.54, 1.807) is 7.11 Å². The van der Waals surface area contributed by atoms with Gasteiger partial charge in [0.25, 0.3) is 0 Å². The second-order valence-corrected chi connectivity index (χ2v) is 8.04. The number of rotatable bonds is 7. The van der Waals surface area contributed by atoms with Crippen LogP contribution in [0.5, 0.6) is 0 Å². The molecule has 0 amide bonds. The number of anilines is 2. The Morgan fingerprint density at radius 3 is 2.72 bits per heavy atom. The zero-order valence-electron chi connectivity index (χ0n) is 17.2. The number of hydrogen-bond acceptors (Lipinski definition) is 5. The summed E-state index contributed by atoms with van der Waals surface area (Å²) in [7, 11) is 1.70. The molecule has 4 rings (SSSR count). The molecule has 2 N–H and O–H groups in total. The van der Waals surface area contributed by atoms with E-state index in [0.717, 1.165) is 54.2 Å². The van der Waals surface area contributed by atoms with Gasteiger partial charge in [-0.25, -0.2) is 9.97 Å². The van der Waals surface area contributed by atoms with Gasteiger partial charge in [0.1, 0.15) is 11.6 Å². The van der Waals surface area contributed by atoms with Crippen LogP contribution in [0, 0.1) is 5.92 Å². The van der Waals surface area contributed by atoms with Gasteiger partial charge in [-0.05, 0) is 49.8 Å². The van der Waals surface area contributed by atoms with Crippen LogP contribution in [-0.4, -0.2) is 36.8 Å². The van der Waals surface area contributed by atoms with Gasteiger partial charge in [-0.15, -0.1) is 0 Å². The van der Waals surface area contributed by atoms with Crippen LogP contribution >= 0.6 is 0 Å². The quantitative estimate of drug-likeness (QED) is 0.552. The van der Waals surface area contributed by atoms with Crippen molar-refractivity contribution in [3.63, 3.8) is 0 Å². The van der Waals surface area contributed by atoms with Crippen molar-refractivity contribution in [3.05, 3.63) is 60.5 Å². The number of ether oxygens (including phenoxy) is 1. The number of hydrogen-bond donors (Lipinski definition) is 1. The first-order valence-electron chi connectivity index (χ1n) is 10.5. The number of nitrogens with zero attached hydrogens (tertiary/aromatic N) is 3. The first-order valence-corrected chi connectivity index (χ1v) is 10.5. The van der Waals surface area contributed by atoms with Gasteiger partial charge in [0.05, 0.1) is 12.1 Å². The number of fused-ring (bicyclic) bond motifs is 1.